The molecule has 0 amide bonds. The van der Waals surface area contributed by atoms with Crippen molar-refractivity contribution in [3.63, 3.8) is 0 Å². The number of aliphatic carboxylic acids is 1. The van der Waals surface area contributed by atoms with Gasteiger partial charge in [0.2, 0.25) is 0 Å². The lowest BCUT2D eigenvalue weighted by Gasteiger charge is -2.54. The van der Waals surface area contributed by atoms with E-state index in [1.807, 2.05) is 0 Å². The Balaban J connectivity index is 2.49. The van der Waals surface area contributed by atoms with Gasteiger partial charge in [-0.3, -0.25) is 4.79 Å². The average Bonchev–Trinajstić information content (AvgIpc) is 2.27. The van der Waals surface area contributed by atoms with Gasteiger partial charge in [-0.05, 0) is 43.1 Å². The lowest BCUT2D eigenvalue weighted by Crippen LogP contribution is -2.52. The summed E-state index contributed by atoms with van der Waals surface area (Å²) < 4.78 is 0. The largest absolute Gasteiger partial charge is 0.481 e. The Morgan fingerprint density at radius 1 is 1.59 bits per heavy atom. The van der Waals surface area contributed by atoms with E-state index in [2.05, 4.69) is 12.8 Å². The van der Waals surface area contributed by atoms with Crippen LogP contribution in [-0.2, 0) is 4.79 Å². The van der Waals surface area contributed by atoms with E-state index < -0.39 is 5.97 Å². The van der Waals surface area contributed by atoms with Gasteiger partial charge in [0.05, 0.1) is 6.42 Å². The Hall–Kier alpha value is -1.01. The van der Waals surface area contributed by atoms with Gasteiger partial charge in [0.25, 0.3) is 0 Å². The molecule has 0 heterocycles. The molecule has 0 spiro atoms. The van der Waals surface area contributed by atoms with Crippen molar-refractivity contribution in [3.05, 3.63) is 0 Å². The zero-order chi connectivity index (χ0) is 12.9. The van der Waals surface area contributed by atoms with Crippen molar-refractivity contribution in [1.82, 2.24) is 0 Å². The first-order chi connectivity index (χ1) is 8.05. The molecule has 0 saturated heterocycles. The first kappa shape index (κ1) is 14.1. The molecule has 96 valence electrons. The van der Waals surface area contributed by atoms with Crippen molar-refractivity contribution in [2.75, 3.05) is 6.54 Å². The SMILES string of the molecule is C#CCCCC[C@@H]1[C@H](C)C[C@@]1(CN)CC(=O)O. The third-order valence-electron chi connectivity index (χ3n) is 4.20. The molecule has 0 aromatic heterocycles. The minimum Gasteiger partial charge on any atom is -0.481 e. The number of carboxylic acid groups (broad SMARTS) is 1. The third-order valence-corrected chi connectivity index (χ3v) is 4.20. The lowest BCUT2D eigenvalue weighted by atomic mass is 9.51. The van der Waals surface area contributed by atoms with E-state index in [0.717, 1.165) is 32.1 Å². The van der Waals surface area contributed by atoms with Crippen LogP contribution in [0.2, 0.25) is 0 Å². The molecule has 0 aromatic carbocycles. The molecule has 1 aliphatic carbocycles. The normalized spacial score (nSPS) is 31.6. The summed E-state index contributed by atoms with van der Waals surface area (Å²) in [6.07, 6.45) is 10.4. The highest BCUT2D eigenvalue weighted by atomic mass is 16.4. The van der Waals surface area contributed by atoms with E-state index in [9.17, 15) is 4.79 Å². The second-order valence-corrected chi connectivity index (χ2v) is 5.37. The van der Waals surface area contributed by atoms with E-state index in [4.69, 9.17) is 17.3 Å². The lowest BCUT2D eigenvalue weighted by molar-refractivity contribution is -0.146. The standard InChI is InChI=1S/C14H23NO2/c1-3-4-5-6-7-12-11(2)8-14(12,10-15)9-13(16)17/h1,11-12H,4-10,15H2,2H3,(H,16,17)/t11-,12-,14+/m1/s1. The summed E-state index contributed by atoms with van der Waals surface area (Å²) in [6, 6.07) is 0. The minimum absolute atomic E-state index is 0.151. The summed E-state index contributed by atoms with van der Waals surface area (Å²) in [4.78, 5) is 10.9. The molecule has 3 heteroatoms. The van der Waals surface area contributed by atoms with E-state index in [1.54, 1.807) is 0 Å². The van der Waals surface area contributed by atoms with Crippen LogP contribution in [0.15, 0.2) is 0 Å². The minimum atomic E-state index is -0.726. The van der Waals surface area contributed by atoms with Gasteiger partial charge in [-0.2, -0.15) is 0 Å². The molecule has 3 nitrogen and oxygen atoms in total. The number of carbonyl (C=O) groups is 1. The smallest absolute Gasteiger partial charge is 0.303 e. The Morgan fingerprint density at radius 3 is 2.76 bits per heavy atom. The molecule has 1 saturated carbocycles. The van der Waals surface area contributed by atoms with Gasteiger partial charge in [-0.25, -0.2) is 0 Å². The Bertz CT molecular complexity index is 308. The summed E-state index contributed by atoms with van der Waals surface area (Å²) in [5.41, 5.74) is 5.65. The van der Waals surface area contributed by atoms with Crippen molar-refractivity contribution in [1.29, 1.82) is 0 Å². The topological polar surface area (TPSA) is 63.3 Å². The molecular weight excluding hydrogens is 214 g/mol. The van der Waals surface area contributed by atoms with Crippen LogP contribution in [0.5, 0.6) is 0 Å². The van der Waals surface area contributed by atoms with Gasteiger partial charge in [0.15, 0.2) is 0 Å². The highest BCUT2D eigenvalue weighted by molar-refractivity contribution is 5.68. The van der Waals surface area contributed by atoms with Crippen LogP contribution < -0.4 is 5.73 Å². The van der Waals surface area contributed by atoms with E-state index >= 15 is 0 Å². The van der Waals surface area contributed by atoms with Crippen LogP contribution >= 0.6 is 0 Å². The summed E-state index contributed by atoms with van der Waals surface area (Å²) in [5, 5.41) is 8.98. The summed E-state index contributed by atoms with van der Waals surface area (Å²) >= 11 is 0. The molecule has 0 aromatic rings. The Kier molecular flexibility index (Phi) is 5.02. The molecule has 1 fully saturated rings. The van der Waals surface area contributed by atoms with Gasteiger partial charge in [-0.15, -0.1) is 12.3 Å². The second-order valence-electron chi connectivity index (χ2n) is 5.37. The van der Waals surface area contributed by atoms with Gasteiger partial charge in [0.1, 0.15) is 0 Å². The van der Waals surface area contributed by atoms with Crippen LogP contribution in [0.3, 0.4) is 0 Å². The fourth-order valence-electron chi connectivity index (χ4n) is 3.37. The van der Waals surface area contributed by atoms with Gasteiger partial charge in [-0.1, -0.05) is 13.3 Å². The number of unbranched alkanes of at least 4 members (excludes halogenated alkanes) is 2. The average molecular weight is 237 g/mol. The van der Waals surface area contributed by atoms with Crippen LogP contribution in [0.1, 0.15) is 45.4 Å². The van der Waals surface area contributed by atoms with Crippen LogP contribution in [0, 0.1) is 29.6 Å². The number of terminal acetylenes is 1. The molecule has 0 unspecified atom stereocenters. The maximum Gasteiger partial charge on any atom is 0.303 e. The molecule has 3 atom stereocenters. The number of carboxylic acids is 1. The Labute approximate surface area is 104 Å². The molecule has 1 aliphatic rings. The van der Waals surface area contributed by atoms with Crippen molar-refractivity contribution in [2.24, 2.45) is 23.0 Å². The van der Waals surface area contributed by atoms with Gasteiger partial charge >= 0.3 is 5.97 Å². The van der Waals surface area contributed by atoms with Gasteiger partial charge < -0.3 is 10.8 Å². The molecule has 3 N–H and O–H groups in total. The van der Waals surface area contributed by atoms with Crippen molar-refractivity contribution in [2.45, 2.75) is 45.4 Å². The highest BCUT2D eigenvalue weighted by Crippen LogP contribution is 2.54. The molecule has 0 bridgehead atoms. The highest BCUT2D eigenvalue weighted by Gasteiger charge is 2.51. The van der Waals surface area contributed by atoms with E-state index in [0.29, 0.717) is 18.4 Å². The molecule has 17 heavy (non-hydrogen) atoms. The predicted octanol–water partition coefficient (Wildman–Crippen LogP) is 2.26. The quantitative estimate of drug-likeness (QED) is 0.527. The number of rotatable bonds is 7. The second kappa shape index (κ2) is 6.07. The number of nitrogens with two attached hydrogens (primary N) is 1. The third kappa shape index (κ3) is 3.23. The maximum atomic E-state index is 10.9. The fourth-order valence-corrected chi connectivity index (χ4v) is 3.37. The van der Waals surface area contributed by atoms with Crippen LogP contribution in [-0.4, -0.2) is 17.6 Å². The molecule has 1 rings (SSSR count). The monoisotopic (exact) mass is 237 g/mol. The molecule has 0 radical (unpaired) electrons. The van der Waals surface area contributed by atoms with E-state index in [-0.39, 0.29) is 11.8 Å². The zero-order valence-electron chi connectivity index (χ0n) is 10.6. The summed E-state index contributed by atoms with van der Waals surface area (Å²) in [7, 11) is 0. The van der Waals surface area contributed by atoms with E-state index in [1.165, 1.54) is 0 Å². The predicted molar refractivity (Wildman–Crippen MR) is 68.3 cm³/mol. The van der Waals surface area contributed by atoms with Gasteiger partial charge in [0, 0.05) is 6.42 Å². The van der Waals surface area contributed by atoms with Crippen LogP contribution in [0.25, 0.3) is 0 Å². The summed E-state index contributed by atoms with van der Waals surface area (Å²) in [5.74, 6) is 2.97. The zero-order valence-corrected chi connectivity index (χ0v) is 10.6. The molecular formula is C14H23NO2. The van der Waals surface area contributed by atoms with Crippen molar-refractivity contribution >= 4 is 5.97 Å². The molecule has 0 aliphatic heterocycles. The first-order valence-corrected chi connectivity index (χ1v) is 6.41. The maximum absolute atomic E-state index is 10.9. The number of hydrogen-bond donors (Lipinski definition) is 2. The van der Waals surface area contributed by atoms with Crippen molar-refractivity contribution < 1.29 is 9.90 Å². The van der Waals surface area contributed by atoms with Crippen molar-refractivity contribution in [3.8, 4) is 12.3 Å². The first-order valence-electron chi connectivity index (χ1n) is 6.41. The summed E-state index contributed by atoms with van der Waals surface area (Å²) in [6.45, 7) is 2.69. The fraction of sp³-hybridized carbons (Fsp3) is 0.786. The Morgan fingerprint density at radius 2 is 2.29 bits per heavy atom. The van der Waals surface area contributed by atoms with Crippen LogP contribution in [0.4, 0.5) is 0 Å². The number of hydrogen-bond acceptors (Lipinski definition) is 2.